The minimum atomic E-state index is 0.652. The van der Waals surface area contributed by atoms with Crippen molar-refractivity contribution in [3.05, 3.63) is 164 Å². The average Bonchev–Trinajstić information content (AvgIpc) is 3.16. The van der Waals surface area contributed by atoms with Gasteiger partial charge in [-0.3, -0.25) is 0 Å². The lowest BCUT2D eigenvalue weighted by molar-refractivity contribution is 1.08. The van der Waals surface area contributed by atoms with Gasteiger partial charge in [0.25, 0.3) is 0 Å². The summed E-state index contributed by atoms with van der Waals surface area (Å²) in [5.74, 6) is 1.97. The van der Waals surface area contributed by atoms with Gasteiger partial charge in [-0.15, -0.1) is 0 Å². The van der Waals surface area contributed by atoms with E-state index in [0.29, 0.717) is 17.5 Å². The van der Waals surface area contributed by atoms with E-state index in [1.807, 2.05) is 36.0 Å². The predicted molar refractivity (Wildman–Crippen MR) is 194 cm³/mol. The van der Waals surface area contributed by atoms with Crippen LogP contribution in [0.3, 0.4) is 0 Å². The normalized spacial score (nSPS) is 11.7. The summed E-state index contributed by atoms with van der Waals surface area (Å²) in [7, 11) is 0. The van der Waals surface area contributed by atoms with Crippen molar-refractivity contribution >= 4 is 22.5 Å². The van der Waals surface area contributed by atoms with E-state index in [0.717, 1.165) is 33.2 Å². The Hall–Kier alpha value is -5.84. The highest BCUT2D eigenvalue weighted by Crippen LogP contribution is 2.52. The molecule has 0 bridgehead atoms. The average molecular weight is 618 g/mol. The van der Waals surface area contributed by atoms with Gasteiger partial charge >= 0.3 is 0 Å². The van der Waals surface area contributed by atoms with E-state index in [1.54, 1.807) is 0 Å². The van der Waals surface area contributed by atoms with Gasteiger partial charge in [-0.05, 0) is 57.0 Å². The molecule has 2 heterocycles. The summed E-state index contributed by atoms with van der Waals surface area (Å²) in [4.78, 5) is 17.8. The molecule has 47 heavy (non-hydrogen) atoms. The number of nitrogens with zero attached hydrogens (tertiary/aromatic N) is 3. The van der Waals surface area contributed by atoms with Crippen molar-refractivity contribution in [1.82, 2.24) is 15.0 Å². The molecule has 0 N–H and O–H groups in total. The van der Waals surface area contributed by atoms with E-state index in [-0.39, 0.29) is 0 Å². The molecular formula is C43H27N3S. The van der Waals surface area contributed by atoms with Gasteiger partial charge in [0.1, 0.15) is 0 Å². The Kier molecular flexibility index (Phi) is 6.72. The molecular weight excluding hydrogens is 591 g/mol. The maximum absolute atomic E-state index is 5.16. The Labute approximate surface area is 277 Å². The van der Waals surface area contributed by atoms with Crippen LogP contribution in [0, 0.1) is 0 Å². The number of benzene rings is 7. The Balaban J connectivity index is 1.23. The van der Waals surface area contributed by atoms with Gasteiger partial charge < -0.3 is 0 Å². The van der Waals surface area contributed by atoms with Crippen LogP contribution in [0.2, 0.25) is 0 Å². The Bertz CT molecular complexity index is 2420. The number of hydrogen-bond acceptors (Lipinski definition) is 4. The van der Waals surface area contributed by atoms with Gasteiger partial charge in [0.2, 0.25) is 0 Å². The minimum Gasteiger partial charge on any atom is -0.208 e. The van der Waals surface area contributed by atoms with Crippen LogP contribution in [-0.4, -0.2) is 15.0 Å². The molecule has 0 aliphatic carbocycles. The number of aromatic nitrogens is 3. The quantitative estimate of drug-likeness (QED) is 0.193. The van der Waals surface area contributed by atoms with E-state index in [9.17, 15) is 0 Å². The molecule has 220 valence electrons. The van der Waals surface area contributed by atoms with Crippen molar-refractivity contribution in [2.24, 2.45) is 0 Å². The zero-order chi connectivity index (χ0) is 31.2. The second-order valence-corrected chi connectivity index (χ2v) is 12.7. The van der Waals surface area contributed by atoms with Crippen molar-refractivity contribution < 1.29 is 0 Å². The fourth-order valence-corrected chi connectivity index (χ4v) is 7.76. The molecule has 9 rings (SSSR count). The fourth-order valence-electron chi connectivity index (χ4n) is 6.50. The van der Waals surface area contributed by atoms with Gasteiger partial charge in [-0.1, -0.05) is 157 Å². The van der Waals surface area contributed by atoms with Crippen LogP contribution < -0.4 is 0 Å². The molecule has 0 fully saturated rings. The zero-order valence-electron chi connectivity index (χ0n) is 25.3. The van der Waals surface area contributed by atoms with Gasteiger partial charge in [0.15, 0.2) is 17.5 Å². The van der Waals surface area contributed by atoms with E-state index in [2.05, 4.69) is 140 Å². The van der Waals surface area contributed by atoms with E-state index < -0.39 is 0 Å². The first-order chi connectivity index (χ1) is 23.3. The molecule has 4 heteroatoms. The lowest BCUT2D eigenvalue weighted by atomic mass is 9.92. The first kappa shape index (κ1) is 27.5. The van der Waals surface area contributed by atoms with Crippen molar-refractivity contribution in [2.75, 3.05) is 0 Å². The van der Waals surface area contributed by atoms with Crippen molar-refractivity contribution in [1.29, 1.82) is 0 Å². The van der Waals surface area contributed by atoms with Crippen molar-refractivity contribution in [2.45, 2.75) is 9.79 Å². The number of rotatable bonds is 5. The number of hydrogen-bond donors (Lipinski definition) is 0. The van der Waals surface area contributed by atoms with Crippen LogP contribution in [0.25, 0.3) is 78.3 Å². The van der Waals surface area contributed by atoms with Crippen LogP contribution in [-0.2, 0) is 0 Å². The molecule has 0 amide bonds. The fraction of sp³-hybridized carbons (Fsp3) is 0. The molecule has 0 spiro atoms. The van der Waals surface area contributed by atoms with Crippen LogP contribution >= 0.6 is 11.8 Å². The third kappa shape index (κ3) is 4.91. The van der Waals surface area contributed by atoms with Crippen molar-refractivity contribution in [3.8, 4) is 67.5 Å². The molecule has 0 radical (unpaired) electrons. The third-order valence-electron chi connectivity index (χ3n) is 8.74. The first-order valence-corrected chi connectivity index (χ1v) is 16.5. The summed E-state index contributed by atoms with van der Waals surface area (Å²) < 4.78 is 0. The summed E-state index contributed by atoms with van der Waals surface area (Å²) in [5.41, 5.74) is 10.2. The third-order valence-corrected chi connectivity index (χ3v) is 9.94. The molecule has 1 aliphatic rings. The summed E-state index contributed by atoms with van der Waals surface area (Å²) in [6.07, 6.45) is 0. The van der Waals surface area contributed by atoms with Gasteiger partial charge in [0.05, 0.1) is 0 Å². The maximum atomic E-state index is 5.16. The highest BCUT2D eigenvalue weighted by molar-refractivity contribution is 8.00. The van der Waals surface area contributed by atoms with Gasteiger partial charge in [-0.2, -0.15) is 0 Å². The second kappa shape index (κ2) is 11.5. The Morgan fingerprint density at radius 1 is 0.340 bits per heavy atom. The van der Waals surface area contributed by atoms with Crippen LogP contribution in [0.5, 0.6) is 0 Å². The maximum Gasteiger partial charge on any atom is 0.164 e. The Morgan fingerprint density at radius 2 is 0.894 bits per heavy atom. The SMILES string of the molecule is c1ccc(-c2cccc(-c3nc(-c4ccccc4)nc(-c4ccc5c6c(cccc46)-c4cccc(-c6ccccc6)c4S5)n3)c2)cc1. The molecule has 0 saturated heterocycles. The molecule has 0 atom stereocenters. The molecule has 1 aromatic heterocycles. The lowest BCUT2D eigenvalue weighted by Gasteiger charge is -2.23. The molecule has 1 aliphatic heterocycles. The van der Waals surface area contributed by atoms with Crippen LogP contribution in [0.15, 0.2) is 174 Å². The Morgan fingerprint density at radius 3 is 1.66 bits per heavy atom. The highest BCUT2D eigenvalue weighted by atomic mass is 32.2. The van der Waals surface area contributed by atoms with E-state index in [1.165, 1.54) is 37.4 Å². The minimum absolute atomic E-state index is 0.652. The molecule has 0 unspecified atom stereocenters. The summed E-state index contributed by atoms with van der Waals surface area (Å²) >= 11 is 1.85. The first-order valence-electron chi connectivity index (χ1n) is 15.7. The van der Waals surface area contributed by atoms with E-state index >= 15 is 0 Å². The highest BCUT2D eigenvalue weighted by Gasteiger charge is 2.24. The van der Waals surface area contributed by atoms with E-state index in [4.69, 9.17) is 15.0 Å². The molecule has 8 aromatic rings. The summed E-state index contributed by atoms with van der Waals surface area (Å²) in [5, 5.41) is 2.37. The summed E-state index contributed by atoms with van der Waals surface area (Å²) in [6, 6.07) is 57.3. The number of fused-ring (bicyclic) bond motifs is 2. The molecule has 0 saturated carbocycles. The smallest absolute Gasteiger partial charge is 0.164 e. The van der Waals surface area contributed by atoms with Gasteiger partial charge in [-0.25, -0.2) is 15.0 Å². The zero-order valence-corrected chi connectivity index (χ0v) is 26.2. The monoisotopic (exact) mass is 617 g/mol. The van der Waals surface area contributed by atoms with Crippen LogP contribution in [0.4, 0.5) is 0 Å². The lowest BCUT2D eigenvalue weighted by Crippen LogP contribution is -2.02. The van der Waals surface area contributed by atoms with Gasteiger partial charge in [0, 0.05) is 31.9 Å². The topological polar surface area (TPSA) is 38.7 Å². The largest absolute Gasteiger partial charge is 0.208 e. The van der Waals surface area contributed by atoms with Crippen molar-refractivity contribution in [3.63, 3.8) is 0 Å². The summed E-state index contributed by atoms with van der Waals surface area (Å²) in [6.45, 7) is 0. The van der Waals surface area contributed by atoms with Crippen LogP contribution in [0.1, 0.15) is 0 Å². The standard InChI is InChI=1S/C43H27N3S/c1-4-13-28(14-5-1)31-19-10-20-32(27-31)42-44-41(30-17-8-3-9-18-30)45-43(46-42)37-25-26-38-39-34(22-12-23-35(37)39)36-24-11-21-33(40(36)47-38)29-15-6-2-7-16-29/h1-27H. The second-order valence-electron chi connectivity index (χ2n) is 11.6. The predicted octanol–water partition coefficient (Wildman–Crippen LogP) is 11.5. The molecule has 7 aromatic carbocycles. The molecule has 3 nitrogen and oxygen atoms in total.